The van der Waals surface area contributed by atoms with E-state index in [1.165, 1.54) is 6.07 Å². The molecule has 68 valence electrons. The van der Waals surface area contributed by atoms with Gasteiger partial charge in [-0.2, -0.15) is 5.26 Å². The van der Waals surface area contributed by atoms with E-state index in [1.54, 1.807) is 24.3 Å². The molecule has 0 saturated carbocycles. The predicted octanol–water partition coefficient (Wildman–Crippen LogP) is 2.30. The van der Waals surface area contributed by atoms with E-state index in [1.807, 2.05) is 0 Å². The Labute approximate surface area is 87.1 Å². The van der Waals surface area contributed by atoms with Crippen molar-refractivity contribution in [2.45, 2.75) is 0 Å². The van der Waals surface area contributed by atoms with Crippen molar-refractivity contribution < 1.29 is 4.79 Å². The summed E-state index contributed by atoms with van der Waals surface area (Å²) in [7, 11) is 0. The Kier molecular flexibility index (Phi) is 3.29. The summed E-state index contributed by atoms with van der Waals surface area (Å²) in [6.45, 7) is 0. The molecular formula is C11H6ClNO. The third-order valence-corrected chi connectivity index (χ3v) is 1.90. The smallest absolute Gasteiger partial charge is 0.192 e. The first-order chi connectivity index (χ1) is 6.69. The van der Waals surface area contributed by atoms with Crippen LogP contribution in [0.3, 0.4) is 0 Å². The highest BCUT2D eigenvalue weighted by molar-refractivity contribution is 6.31. The Bertz CT molecular complexity index is 425. The van der Waals surface area contributed by atoms with Crippen molar-refractivity contribution in [3.05, 3.63) is 34.9 Å². The second-order valence-electron chi connectivity index (χ2n) is 2.60. The first-order valence-electron chi connectivity index (χ1n) is 3.84. The summed E-state index contributed by atoms with van der Waals surface area (Å²) in [6, 6.07) is 8.10. The SMILES string of the molecule is C#CC(C#N)C(=O)c1cccc(Cl)c1. The van der Waals surface area contributed by atoms with Gasteiger partial charge in [0.15, 0.2) is 11.7 Å². The number of hydrogen-bond acceptors (Lipinski definition) is 2. The minimum Gasteiger partial charge on any atom is -0.292 e. The predicted molar refractivity (Wildman–Crippen MR) is 53.7 cm³/mol. The van der Waals surface area contributed by atoms with E-state index in [-0.39, 0.29) is 0 Å². The zero-order valence-electron chi connectivity index (χ0n) is 7.20. The number of ketones is 1. The molecule has 14 heavy (non-hydrogen) atoms. The Morgan fingerprint density at radius 2 is 2.29 bits per heavy atom. The number of rotatable bonds is 2. The average Bonchev–Trinajstić information content (AvgIpc) is 2.19. The molecule has 0 aliphatic heterocycles. The minimum absolute atomic E-state index is 0.363. The number of Topliss-reactive ketones (excluding diaryl/α,β-unsaturated/α-hetero) is 1. The van der Waals surface area contributed by atoms with Crippen LogP contribution in [0.2, 0.25) is 5.02 Å². The van der Waals surface area contributed by atoms with Crippen LogP contribution in [0.15, 0.2) is 24.3 Å². The summed E-state index contributed by atoms with van der Waals surface area (Å²) < 4.78 is 0. The number of carbonyl (C=O) groups is 1. The first kappa shape index (κ1) is 10.3. The molecular weight excluding hydrogens is 198 g/mol. The summed E-state index contributed by atoms with van der Waals surface area (Å²) in [4.78, 5) is 11.5. The Balaban J connectivity index is 3.03. The minimum atomic E-state index is -1.03. The van der Waals surface area contributed by atoms with Gasteiger partial charge in [-0.3, -0.25) is 4.79 Å². The molecule has 1 unspecified atom stereocenters. The van der Waals surface area contributed by atoms with Crippen LogP contribution in [-0.2, 0) is 0 Å². The van der Waals surface area contributed by atoms with Crippen molar-refractivity contribution in [3.63, 3.8) is 0 Å². The second-order valence-corrected chi connectivity index (χ2v) is 3.04. The molecule has 1 atom stereocenters. The zero-order chi connectivity index (χ0) is 10.6. The van der Waals surface area contributed by atoms with Gasteiger partial charge in [-0.25, -0.2) is 0 Å². The van der Waals surface area contributed by atoms with Gasteiger partial charge in [0.25, 0.3) is 0 Å². The third-order valence-electron chi connectivity index (χ3n) is 1.67. The maximum atomic E-state index is 11.5. The molecule has 0 bridgehead atoms. The van der Waals surface area contributed by atoms with Gasteiger partial charge < -0.3 is 0 Å². The topological polar surface area (TPSA) is 40.9 Å². The van der Waals surface area contributed by atoms with E-state index >= 15 is 0 Å². The van der Waals surface area contributed by atoms with Gasteiger partial charge in [0.05, 0.1) is 6.07 Å². The van der Waals surface area contributed by atoms with Crippen LogP contribution in [0.25, 0.3) is 0 Å². The molecule has 3 heteroatoms. The van der Waals surface area contributed by atoms with Crippen LogP contribution in [-0.4, -0.2) is 5.78 Å². The Morgan fingerprint density at radius 3 is 2.79 bits per heavy atom. The van der Waals surface area contributed by atoms with Gasteiger partial charge in [0.1, 0.15) is 0 Å². The fourth-order valence-corrected chi connectivity index (χ4v) is 1.17. The standard InChI is InChI=1S/C11H6ClNO/c1-2-8(7-13)11(14)9-4-3-5-10(12)6-9/h1,3-6,8H. The van der Waals surface area contributed by atoms with Gasteiger partial charge >= 0.3 is 0 Å². The summed E-state index contributed by atoms with van der Waals surface area (Å²) in [5, 5.41) is 9.03. The number of nitrogens with zero attached hydrogens (tertiary/aromatic N) is 1. The van der Waals surface area contributed by atoms with E-state index in [9.17, 15) is 4.79 Å². The third kappa shape index (κ3) is 2.13. The zero-order valence-corrected chi connectivity index (χ0v) is 7.95. The fourth-order valence-electron chi connectivity index (χ4n) is 0.980. The monoisotopic (exact) mass is 203 g/mol. The molecule has 0 saturated heterocycles. The normalized spacial score (nSPS) is 11.1. The van der Waals surface area contributed by atoms with Crippen molar-refractivity contribution in [2.75, 3.05) is 0 Å². The van der Waals surface area contributed by atoms with Gasteiger partial charge in [-0.15, -0.1) is 6.42 Å². The number of benzene rings is 1. The summed E-state index contributed by atoms with van der Waals surface area (Å²) >= 11 is 5.69. The molecule has 0 N–H and O–H groups in total. The maximum Gasteiger partial charge on any atom is 0.192 e. The molecule has 1 aromatic carbocycles. The van der Waals surface area contributed by atoms with Gasteiger partial charge in [-0.1, -0.05) is 29.7 Å². The molecule has 2 nitrogen and oxygen atoms in total. The molecule has 0 aliphatic carbocycles. The lowest BCUT2D eigenvalue weighted by Crippen LogP contribution is -2.10. The molecule has 0 aliphatic rings. The van der Waals surface area contributed by atoms with E-state index in [4.69, 9.17) is 23.3 Å². The molecule has 1 aromatic rings. The molecule has 0 amide bonds. The van der Waals surface area contributed by atoms with Crippen LogP contribution in [0, 0.1) is 29.6 Å². The van der Waals surface area contributed by atoms with Crippen molar-refractivity contribution in [2.24, 2.45) is 5.92 Å². The molecule has 1 rings (SSSR count). The molecule has 0 fully saturated rings. The van der Waals surface area contributed by atoms with Crippen LogP contribution in [0.1, 0.15) is 10.4 Å². The van der Waals surface area contributed by atoms with Gasteiger partial charge in [0, 0.05) is 10.6 Å². The first-order valence-corrected chi connectivity index (χ1v) is 4.22. The van der Waals surface area contributed by atoms with Crippen LogP contribution in [0.4, 0.5) is 0 Å². The highest BCUT2D eigenvalue weighted by atomic mass is 35.5. The summed E-state index contributed by atoms with van der Waals surface area (Å²) in [5.41, 5.74) is 0.363. The number of halogens is 1. The molecule has 0 radical (unpaired) electrons. The van der Waals surface area contributed by atoms with E-state index in [0.29, 0.717) is 10.6 Å². The summed E-state index contributed by atoms with van der Waals surface area (Å²) in [6.07, 6.45) is 5.03. The van der Waals surface area contributed by atoms with E-state index in [2.05, 4.69) is 5.92 Å². The molecule has 0 heterocycles. The number of hydrogen-bond donors (Lipinski definition) is 0. The Hall–Kier alpha value is -1.77. The van der Waals surface area contributed by atoms with Crippen LogP contribution < -0.4 is 0 Å². The second kappa shape index (κ2) is 4.46. The Morgan fingerprint density at radius 1 is 1.57 bits per heavy atom. The maximum absolute atomic E-state index is 11.5. The van der Waals surface area contributed by atoms with Gasteiger partial charge in [0.2, 0.25) is 0 Å². The lowest BCUT2D eigenvalue weighted by Gasteiger charge is -2.01. The van der Waals surface area contributed by atoms with Crippen molar-refractivity contribution in [1.82, 2.24) is 0 Å². The van der Waals surface area contributed by atoms with Gasteiger partial charge in [-0.05, 0) is 12.1 Å². The highest BCUT2D eigenvalue weighted by Gasteiger charge is 2.16. The average molecular weight is 204 g/mol. The van der Waals surface area contributed by atoms with Crippen molar-refractivity contribution in [1.29, 1.82) is 5.26 Å². The van der Waals surface area contributed by atoms with E-state index < -0.39 is 11.7 Å². The highest BCUT2D eigenvalue weighted by Crippen LogP contribution is 2.14. The number of nitriles is 1. The number of carbonyl (C=O) groups excluding carboxylic acids is 1. The largest absolute Gasteiger partial charge is 0.292 e. The molecule has 0 aromatic heterocycles. The molecule has 0 spiro atoms. The van der Waals surface area contributed by atoms with Crippen LogP contribution >= 0.6 is 11.6 Å². The lowest BCUT2D eigenvalue weighted by atomic mass is 10.00. The van der Waals surface area contributed by atoms with Crippen molar-refractivity contribution >= 4 is 17.4 Å². The summed E-state index contributed by atoms with van der Waals surface area (Å²) in [5.74, 6) is 0.691. The van der Waals surface area contributed by atoms with E-state index in [0.717, 1.165) is 0 Å². The van der Waals surface area contributed by atoms with Crippen molar-refractivity contribution in [3.8, 4) is 18.4 Å². The number of terminal acetylenes is 1. The quantitative estimate of drug-likeness (QED) is 0.547. The fraction of sp³-hybridized carbons (Fsp3) is 0.0909. The lowest BCUT2D eigenvalue weighted by molar-refractivity contribution is 0.0971. The van der Waals surface area contributed by atoms with Crippen LogP contribution in [0.5, 0.6) is 0 Å².